The van der Waals surface area contributed by atoms with Gasteiger partial charge in [0.1, 0.15) is 11.3 Å². The van der Waals surface area contributed by atoms with E-state index in [-0.39, 0.29) is 11.3 Å². The van der Waals surface area contributed by atoms with Gasteiger partial charge in [0.05, 0.1) is 7.11 Å². The van der Waals surface area contributed by atoms with Crippen LogP contribution in [0.1, 0.15) is 10.4 Å². The maximum absolute atomic E-state index is 11.1. The summed E-state index contributed by atoms with van der Waals surface area (Å²) in [5.74, 6) is 0.0989. The lowest BCUT2D eigenvalue weighted by atomic mass is 10.2. The van der Waals surface area contributed by atoms with Gasteiger partial charge in [0, 0.05) is 0 Å². The molecule has 0 aliphatic carbocycles. The van der Waals surface area contributed by atoms with Gasteiger partial charge < -0.3 is 14.6 Å². The molecular weight excluding hydrogens is 232 g/mol. The first kappa shape index (κ1) is 12.0. The van der Waals surface area contributed by atoms with Crippen molar-refractivity contribution in [3.63, 3.8) is 0 Å². The Balaban J connectivity index is 2.44. The second-order valence-electron chi connectivity index (χ2n) is 3.56. The molecule has 0 aromatic heterocycles. The van der Waals surface area contributed by atoms with Gasteiger partial charge in [-0.15, -0.1) is 0 Å². The van der Waals surface area contributed by atoms with Gasteiger partial charge in [-0.05, 0) is 24.3 Å². The van der Waals surface area contributed by atoms with Crippen LogP contribution in [0.3, 0.4) is 0 Å². The lowest BCUT2D eigenvalue weighted by Crippen LogP contribution is -2.01. The first-order valence-corrected chi connectivity index (χ1v) is 5.35. The van der Waals surface area contributed by atoms with E-state index in [1.165, 1.54) is 13.2 Å². The quantitative estimate of drug-likeness (QED) is 0.897. The number of para-hydroxylation sites is 2. The van der Waals surface area contributed by atoms with Crippen molar-refractivity contribution >= 4 is 5.97 Å². The van der Waals surface area contributed by atoms with Crippen molar-refractivity contribution in [2.45, 2.75) is 0 Å². The van der Waals surface area contributed by atoms with Crippen molar-refractivity contribution in [1.82, 2.24) is 0 Å². The van der Waals surface area contributed by atoms with Gasteiger partial charge in [0.2, 0.25) is 0 Å². The molecular formula is C14H12O4. The Morgan fingerprint density at radius 2 is 1.78 bits per heavy atom. The fraction of sp³-hybridized carbons (Fsp3) is 0.0714. The Morgan fingerprint density at radius 3 is 2.39 bits per heavy atom. The predicted octanol–water partition coefficient (Wildman–Crippen LogP) is 3.19. The van der Waals surface area contributed by atoms with E-state index in [9.17, 15) is 4.79 Å². The summed E-state index contributed by atoms with van der Waals surface area (Å²) in [4.78, 5) is 11.1. The zero-order valence-corrected chi connectivity index (χ0v) is 9.79. The zero-order valence-electron chi connectivity index (χ0n) is 9.79. The molecule has 0 spiro atoms. The molecule has 4 heteroatoms. The van der Waals surface area contributed by atoms with Gasteiger partial charge in [-0.25, -0.2) is 4.79 Å². The second-order valence-corrected chi connectivity index (χ2v) is 3.56. The maximum Gasteiger partial charge on any atom is 0.339 e. The standard InChI is InChI=1S/C14H12O4/c1-17-12-9-5-8-11(14(15)16)13(12)18-10-6-3-2-4-7-10/h2-9H,1H3,(H,15,16). The van der Waals surface area contributed by atoms with Crippen molar-refractivity contribution in [2.24, 2.45) is 0 Å². The fourth-order valence-corrected chi connectivity index (χ4v) is 1.56. The van der Waals surface area contributed by atoms with E-state index < -0.39 is 5.97 Å². The van der Waals surface area contributed by atoms with Crippen LogP contribution >= 0.6 is 0 Å². The minimum absolute atomic E-state index is 0.0678. The van der Waals surface area contributed by atoms with Crippen LogP contribution in [0, 0.1) is 0 Å². The average molecular weight is 244 g/mol. The van der Waals surface area contributed by atoms with Gasteiger partial charge in [0.15, 0.2) is 11.5 Å². The van der Waals surface area contributed by atoms with Gasteiger partial charge in [-0.3, -0.25) is 0 Å². The smallest absolute Gasteiger partial charge is 0.339 e. The molecule has 18 heavy (non-hydrogen) atoms. The van der Waals surface area contributed by atoms with E-state index in [0.29, 0.717) is 11.5 Å². The minimum atomic E-state index is -1.06. The number of carboxylic acid groups (broad SMARTS) is 1. The molecule has 0 unspecified atom stereocenters. The SMILES string of the molecule is COc1cccc(C(=O)O)c1Oc1ccccc1. The molecule has 0 aliphatic heterocycles. The van der Waals surface area contributed by atoms with Gasteiger partial charge in [-0.1, -0.05) is 24.3 Å². The molecule has 0 aliphatic rings. The first-order valence-electron chi connectivity index (χ1n) is 5.35. The normalized spacial score (nSPS) is 9.83. The number of carbonyl (C=O) groups is 1. The molecule has 0 radical (unpaired) electrons. The molecule has 4 nitrogen and oxygen atoms in total. The molecule has 0 saturated carbocycles. The van der Waals surface area contributed by atoms with Gasteiger partial charge in [-0.2, -0.15) is 0 Å². The summed E-state index contributed by atoms with van der Waals surface area (Å²) >= 11 is 0. The molecule has 2 rings (SSSR count). The second kappa shape index (κ2) is 5.23. The Labute approximate surface area is 104 Å². The summed E-state index contributed by atoms with van der Waals surface area (Å²) in [6, 6.07) is 13.7. The fourth-order valence-electron chi connectivity index (χ4n) is 1.56. The Morgan fingerprint density at radius 1 is 1.06 bits per heavy atom. The maximum atomic E-state index is 11.1. The molecule has 92 valence electrons. The number of carboxylic acids is 1. The molecule has 0 saturated heterocycles. The van der Waals surface area contributed by atoms with Crippen LogP contribution in [-0.2, 0) is 0 Å². The summed E-state index contributed by atoms with van der Waals surface area (Å²) in [5.41, 5.74) is 0.0678. The third-order valence-electron chi connectivity index (χ3n) is 2.39. The van der Waals surface area contributed by atoms with E-state index in [0.717, 1.165) is 0 Å². The van der Waals surface area contributed by atoms with E-state index in [1.807, 2.05) is 18.2 Å². The molecule has 0 fully saturated rings. The number of methoxy groups -OCH3 is 1. The number of hydrogen-bond donors (Lipinski definition) is 1. The molecule has 2 aromatic carbocycles. The summed E-state index contributed by atoms with van der Waals surface area (Å²) in [6.45, 7) is 0. The highest BCUT2D eigenvalue weighted by atomic mass is 16.5. The summed E-state index contributed by atoms with van der Waals surface area (Å²) in [7, 11) is 1.47. The van der Waals surface area contributed by atoms with E-state index in [2.05, 4.69) is 0 Å². The van der Waals surface area contributed by atoms with Crippen LogP contribution in [0.4, 0.5) is 0 Å². The molecule has 0 heterocycles. The lowest BCUT2D eigenvalue weighted by Gasteiger charge is -2.12. The monoisotopic (exact) mass is 244 g/mol. The predicted molar refractivity (Wildman–Crippen MR) is 66.5 cm³/mol. The van der Waals surface area contributed by atoms with Crippen molar-refractivity contribution in [3.8, 4) is 17.2 Å². The summed E-state index contributed by atoms with van der Waals surface area (Å²) in [6.07, 6.45) is 0. The lowest BCUT2D eigenvalue weighted by molar-refractivity contribution is 0.0693. The molecule has 0 amide bonds. The topological polar surface area (TPSA) is 55.8 Å². The Bertz CT molecular complexity index is 549. The van der Waals surface area contributed by atoms with Gasteiger partial charge in [0.25, 0.3) is 0 Å². The minimum Gasteiger partial charge on any atom is -0.493 e. The van der Waals surface area contributed by atoms with Crippen LogP contribution < -0.4 is 9.47 Å². The van der Waals surface area contributed by atoms with Crippen molar-refractivity contribution in [3.05, 3.63) is 54.1 Å². The van der Waals surface area contributed by atoms with Crippen LogP contribution in [0.15, 0.2) is 48.5 Å². The summed E-state index contributed by atoms with van der Waals surface area (Å²) < 4.78 is 10.7. The van der Waals surface area contributed by atoms with Gasteiger partial charge >= 0.3 is 5.97 Å². The third kappa shape index (κ3) is 2.43. The number of hydrogen-bond acceptors (Lipinski definition) is 3. The van der Waals surface area contributed by atoms with E-state index in [1.54, 1.807) is 24.3 Å². The van der Waals surface area contributed by atoms with E-state index >= 15 is 0 Å². The largest absolute Gasteiger partial charge is 0.493 e. The highest BCUT2D eigenvalue weighted by molar-refractivity contribution is 5.92. The molecule has 2 aromatic rings. The average Bonchev–Trinajstić information content (AvgIpc) is 2.40. The van der Waals surface area contributed by atoms with Crippen molar-refractivity contribution in [2.75, 3.05) is 7.11 Å². The number of ether oxygens (including phenoxy) is 2. The highest BCUT2D eigenvalue weighted by Gasteiger charge is 2.16. The van der Waals surface area contributed by atoms with Crippen LogP contribution in [0.25, 0.3) is 0 Å². The van der Waals surface area contributed by atoms with Crippen LogP contribution in [0.2, 0.25) is 0 Å². The van der Waals surface area contributed by atoms with Crippen molar-refractivity contribution < 1.29 is 19.4 Å². The third-order valence-corrected chi connectivity index (χ3v) is 2.39. The van der Waals surface area contributed by atoms with Crippen LogP contribution in [-0.4, -0.2) is 18.2 Å². The van der Waals surface area contributed by atoms with E-state index in [4.69, 9.17) is 14.6 Å². The van der Waals surface area contributed by atoms with Crippen LogP contribution in [0.5, 0.6) is 17.2 Å². The number of aromatic carboxylic acids is 1. The van der Waals surface area contributed by atoms with Crippen molar-refractivity contribution in [1.29, 1.82) is 0 Å². The molecule has 0 bridgehead atoms. The Hall–Kier alpha value is -2.49. The Kier molecular flexibility index (Phi) is 3.48. The highest BCUT2D eigenvalue weighted by Crippen LogP contribution is 2.34. The first-order chi connectivity index (χ1) is 8.72. The number of benzene rings is 2. The summed E-state index contributed by atoms with van der Waals surface area (Å²) in [5, 5.41) is 9.13. The zero-order chi connectivity index (χ0) is 13.0. The number of rotatable bonds is 4. The molecule has 1 N–H and O–H groups in total. The molecule has 0 atom stereocenters.